The molecule has 1 aliphatic carbocycles. The van der Waals surface area contributed by atoms with Crippen molar-refractivity contribution in [2.45, 2.75) is 46.0 Å². The lowest BCUT2D eigenvalue weighted by Crippen LogP contribution is -2.19. The number of fused-ring (bicyclic) bond motifs is 3. The van der Waals surface area contributed by atoms with E-state index in [4.69, 9.17) is 15.7 Å². The molecule has 0 spiro atoms. The fourth-order valence-corrected chi connectivity index (χ4v) is 3.93. The number of aryl methyl sites for hydroxylation is 3. The van der Waals surface area contributed by atoms with E-state index in [1.54, 1.807) is 0 Å². The smallest absolute Gasteiger partial charge is 0.225 e. The zero-order valence-corrected chi connectivity index (χ0v) is 17.6. The molecular formula is C25H28N4O. The minimum Gasteiger partial charge on any atom is -0.399 e. The van der Waals surface area contributed by atoms with Gasteiger partial charge in [0, 0.05) is 17.7 Å². The second kappa shape index (κ2) is 8.66. The van der Waals surface area contributed by atoms with E-state index < -0.39 is 0 Å². The Morgan fingerprint density at radius 1 is 1.10 bits per heavy atom. The van der Waals surface area contributed by atoms with E-state index in [9.17, 15) is 4.79 Å². The van der Waals surface area contributed by atoms with Gasteiger partial charge in [-0.25, -0.2) is 9.97 Å². The van der Waals surface area contributed by atoms with Crippen molar-refractivity contribution >= 4 is 17.4 Å². The van der Waals surface area contributed by atoms with Crippen LogP contribution in [0.2, 0.25) is 0 Å². The van der Waals surface area contributed by atoms with Crippen molar-refractivity contribution < 1.29 is 4.79 Å². The highest BCUT2D eigenvalue weighted by Gasteiger charge is 2.23. The molecule has 30 heavy (non-hydrogen) atoms. The average Bonchev–Trinajstić information content (AvgIpc) is 2.73. The monoisotopic (exact) mass is 400 g/mol. The van der Waals surface area contributed by atoms with Crippen LogP contribution >= 0.6 is 0 Å². The molecule has 0 unspecified atom stereocenters. The Bertz CT molecular complexity index is 1060. The minimum atomic E-state index is -0.0258. The summed E-state index contributed by atoms with van der Waals surface area (Å²) in [6.45, 7) is 4.30. The molecule has 0 fully saturated rings. The van der Waals surface area contributed by atoms with E-state index in [2.05, 4.69) is 19.2 Å². The number of rotatable bonds is 6. The number of amides is 1. The SMILES string of the molecule is CC(C)Cc1nc2c(nc1NC(=O)CCc1ccccc1)CCc1cc(N)ccc1-2. The molecule has 1 aliphatic rings. The van der Waals surface area contributed by atoms with Gasteiger partial charge in [0.25, 0.3) is 0 Å². The molecule has 1 aromatic heterocycles. The second-order valence-corrected chi connectivity index (χ2v) is 8.36. The molecule has 0 aliphatic heterocycles. The van der Waals surface area contributed by atoms with Crippen LogP contribution in [-0.4, -0.2) is 15.9 Å². The van der Waals surface area contributed by atoms with Crippen molar-refractivity contribution in [3.8, 4) is 11.3 Å². The predicted octanol–water partition coefficient (Wildman–Crippen LogP) is 4.59. The van der Waals surface area contributed by atoms with Crippen molar-refractivity contribution in [1.29, 1.82) is 0 Å². The lowest BCUT2D eigenvalue weighted by Gasteiger charge is -2.21. The molecule has 0 saturated carbocycles. The number of carbonyl (C=O) groups excluding carboxylic acids is 1. The molecule has 5 nitrogen and oxygen atoms in total. The van der Waals surface area contributed by atoms with Crippen LogP contribution < -0.4 is 11.1 Å². The van der Waals surface area contributed by atoms with Crippen molar-refractivity contribution in [3.63, 3.8) is 0 Å². The summed E-state index contributed by atoms with van der Waals surface area (Å²) in [5, 5.41) is 3.04. The van der Waals surface area contributed by atoms with Gasteiger partial charge >= 0.3 is 0 Å². The first-order chi connectivity index (χ1) is 14.5. The molecule has 0 saturated heterocycles. The molecule has 1 heterocycles. The fraction of sp³-hybridized carbons (Fsp3) is 0.320. The molecule has 0 radical (unpaired) electrons. The number of nitrogens with two attached hydrogens (primary N) is 1. The predicted molar refractivity (Wildman–Crippen MR) is 121 cm³/mol. The van der Waals surface area contributed by atoms with Gasteiger partial charge in [-0.3, -0.25) is 4.79 Å². The molecule has 0 atom stereocenters. The first-order valence-electron chi connectivity index (χ1n) is 10.6. The van der Waals surface area contributed by atoms with E-state index in [1.807, 2.05) is 48.5 Å². The van der Waals surface area contributed by atoms with Gasteiger partial charge in [0.2, 0.25) is 5.91 Å². The van der Waals surface area contributed by atoms with Crippen LogP contribution in [-0.2, 0) is 30.5 Å². The minimum absolute atomic E-state index is 0.0258. The summed E-state index contributed by atoms with van der Waals surface area (Å²) in [6, 6.07) is 16.0. The molecule has 5 heteroatoms. The van der Waals surface area contributed by atoms with Gasteiger partial charge in [0.1, 0.15) is 0 Å². The van der Waals surface area contributed by atoms with E-state index in [0.29, 0.717) is 24.6 Å². The molecule has 0 bridgehead atoms. The lowest BCUT2D eigenvalue weighted by molar-refractivity contribution is -0.116. The zero-order valence-electron chi connectivity index (χ0n) is 17.6. The largest absolute Gasteiger partial charge is 0.399 e. The number of nitrogens with zero attached hydrogens (tertiary/aromatic N) is 2. The highest BCUT2D eigenvalue weighted by molar-refractivity contribution is 5.90. The highest BCUT2D eigenvalue weighted by Crippen LogP contribution is 2.34. The fourth-order valence-electron chi connectivity index (χ4n) is 3.93. The van der Waals surface area contributed by atoms with Crippen molar-refractivity contribution in [1.82, 2.24) is 9.97 Å². The summed E-state index contributed by atoms with van der Waals surface area (Å²) < 4.78 is 0. The topological polar surface area (TPSA) is 80.9 Å². The van der Waals surface area contributed by atoms with Crippen molar-refractivity contribution in [3.05, 3.63) is 71.0 Å². The second-order valence-electron chi connectivity index (χ2n) is 8.36. The van der Waals surface area contributed by atoms with Crippen LogP contribution in [0.4, 0.5) is 11.5 Å². The summed E-state index contributed by atoms with van der Waals surface area (Å²) in [4.78, 5) is 22.5. The number of nitrogen functional groups attached to an aromatic ring is 1. The van der Waals surface area contributed by atoms with E-state index in [0.717, 1.165) is 53.2 Å². The van der Waals surface area contributed by atoms with Gasteiger partial charge in [-0.15, -0.1) is 0 Å². The first kappa shape index (κ1) is 20.1. The number of hydrogen-bond donors (Lipinski definition) is 2. The molecule has 4 rings (SSSR count). The summed E-state index contributed by atoms with van der Waals surface area (Å²) in [5.41, 5.74) is 12.9. The van der Waals surface area contributed by atoms with Gasteiger partial charge in [0.15, 0.2) is 5.82 Å². The Labute approximate surface area is 177 Å². The van der Waals surface area contributed by atoms with E-state index in [-0.39, 0.29) is 5.91 Å². The number of benzene rings is 2. The van der Waals surface area contributed by atoms with Crippen LogP contribution in [0.25, 0.3) is 11.3 Å². The maximum atomic E-state index is 12.6. The van der Waals surface area contributed by atoms with Gasteiger partial charge in [0.05, 0.1) is 17.1 Å². The lowest BCUT2D eigenvalue weighted by atomic mass is 9.91. The molecule has 3 N–H and O–H groups in total. The van der Waals surface area contributed by atoms with Crippen LogP contribution in [0.3, 0.4) is 0 Å². The quantitative estimate of drug-likeness (QED) is 0.593. The summed E-state index contributed by atoms with van der Waals surface area (Å²) in [7, 11) is 0. The number of hydrogen-bond acceptors (Lipinski definition) is 4. The summed E-state index contributed by atoms with van der Waals surface area (Å²) in [5.74, 6) is 0.994. The van der Waals surface area contributed by atoms with E-state index >= 15 is 0 Å². The summed E-state index contributed by atoms with van der Waals surface area (Å²) >= 11 is 0. The highest BCUT2D eigenvalue weighted by atomic mass is 16.1. The third-order valence-electron chi connectivity index (χ3n) is 5.40. The van der Waals surface area contributed by atoms with Gasteiger partial charge in [-0.1, -0.05) is 50.2 Å². The van der Waals surface area contributed by atoms with Gasteiger partial charge in [-0.05, 0) is 54.9 Å². The molecule has 2 aromatic carbocycles. The average molecular weight is 401 g/mol. The Balaban J connectivity index is 1.60. The number of nitrogens with one attached hydrogen (secondary N) is 1. The Morgan fingerprint density at radius 3 is 2.67 bits per heavy atom. The standard InChI is InChI=1S/C25H28N4O/c1-16(2)14-22-25(29-23(30)13-8-17-6-4-3-5-7-17)28-21-12-9-18-15-19(26)10-11-20(18)24(21)27-22/h3-7,10-11,15-16H,8-9,12-14,26H2,1-2H3,(H,28,29,30). The third-order valence-corrected chi connectivity index (χ3v) is 5.40. The van der Waals surface area contributed by atoms with Gasteiger partial charge in [-0.2, -0.15) is 0 Å². The Hall–Kier alpha value is -3.21. The molecule has 154 valence electrons. The first-order valence-corrected chi connectivity index (χ1v) is 10.6. The van der Waals surface area contributed by atoms with Crippen LogP contribution in [0.15, 0.2) is 48.5 Å². The third kappa shape index (κ3) is 4.51. The Morgan fingerprint density at radius 2 is 1.90 bits per heavy atom. The number of carbonyl (C=O) groups is 1. The Kier molecular flexibility index (Phi) is 5.79. The van der Waals surface area contributed by atoms with E-state index in [1.165, 1.54) is 5.56 Å². The molecular weight excluding hydrogens is 372 g/mol. The van der Waals surface area contributed by atoms with Crippen LogP contribution in [0.1, 0.15) is 42.8 Å². The maximum Gasteiger partial charge on any atom is 0.225 e. The molecule has 3 aromatic rings. The van der Waals surface area contributed by atoms with Gasteiger partial charge < -0.3 is 11.1 Å². The number of aromatic nitrogens is 2. The molecule has 1 amide bonds. The van der Waals surface area contributed by atoms with Crippen LogP contribution in [0, 0.1) is 5.92 Å². The van der Waals surface area contributed by atoms with Crippen molar-refractivity contribution in [2.75, 3.05) is 11.1 Å². The maximum absolute atomic E-state index is 12.6. The zero-order chi connectivity index (χ0) is 21.1. The number of anilines is 2. The normalized spacial score (nSPS) is 12.4. The van der Waals surface area contributed by atoms with Crippen molar-refractivity contribution in [2.24, 2.45) is 5.92 Å². The summed E-state index contributed by atoms with van der Waals surface area (Å²) in [6.07, 6.45) is 3.57. The van der Waals surface area contributed by atoms with Crippen LogP contribution in [0.5, 0.6) is 0 Å².